The second-order valence-electron chi connectivity index (χ2n) is 8.95. The fourth-order valence-electron chi connectivity index (χ4n) is 4.75. The number of likely N-dealkylation sites (tertiary alicyclic amines) is 1. The van der Waals surface area contributed by atoms with Gasteiger partial charge in [0.1, 0.15) is 17.5 Å². The van der Waals surface area contributed by atoms with E-state index in [9.17, 15) is 9.18 Å². The number of hydrogen-bond donors (Lipinski definition) is 1. The van der Waals surface area contributed by atoms with Gasteiger partial charge >= 0.3 is 0 Å². The van der Waals surface area contributed by atoms with E-state index < -0.39 is 0 Å². The van der Waals surface area contributed by atoms with Crippen molar-refractivity contribution in [1.29, 1.82) is 0 Å². The SMILES string of the molecule is O=C(CN1C[C@H](OCc2ccccc2)[C@]2(CCCO2)C1)Nc1ncc(Cc2ccc(F)cc2)s1. The molecule has 34 heavy (non-hydrogen) atoms. The van der Waals surface area contributed by atoms with E-state index in [1.807, 2.05) is 18.2 Å². The van der Waals surface area contributed by atoms with Gasteiger partial charge in [-0.15, -0.1) is 11.3 Å². The highest BCUT2D eigenvalue weighted by Crippen LogP contribution is 2.37. The molecule has 0 unspecified atom stereocenters. The van der Waals surface area contributed by atoms with Crippen LogP contribution in [0.25, 0.3) is 0 Å². The number of carbonyl (C=O) groups is 1. The molecule has 0 saturated carbocycles. The van der Waals surface area contributed by atoms with Gasteiger partial charge in [-0.05, 0) is 36.1 Å². The van der Waals surface area contributed by atoms with Crippen molar-refractivity contribution < 1.29 is 18.7 Å². The van der Waals surface area contributed by atoms with E-state index >= 15 is 0 Å². The second-order valence-corrected chi connectivity index (χ2v) is 10.1. The first kappa shape index (κ1) is 23.1. The molecular formula is C26H28FN3O3S. The zero-order valence-electron chi connectivity index (χ0n) is 18.9. The molecule has 2 aromatic carbocycles. The van der Waals surface area contributed by atoms with Crippen molar-refractivity contribution >= 4 is 22.4 Å². The summed E-state index contributed by atoms with van der Waals surface area (Å²) < 4.78 is 25.6. The first-order chi connectivity index (χ1) is 16.6. The van der Waals surface area contributed by atoms with Crippen LogP contribution in [0.4, 0.5) is 9.52 Å². The quantitative estimate of drug-likeness (QED) is 0.521. The van der Waals surface area contributed by atoms with Crippen LogP contribution in [0.15, 0.2) is 60.8 Å². The Morgan fingerprint density at radius 3 is 2.79 bits per heavy atom. The van der Waals surface area contributed by atoms with Gasteiger partial charge in [-0.2, -0.15) is 0 Å². The Labute approximate surface area is 202 Å². The molecule has 2 saturated heterocycles. The smallest absolute Gasteiger partial charge is 0.240 e. The molecular weight excluding hydrogens is 453 g/mol. The summed E-state index contributed by atoms with van der Waals surface area (Å²) in [6.07, 6.45) is 4.31. The molecule has 0 radical (unpaired) electrons. The van der Waals surface area contributed by atoms with Crippen LogP contribution in [0.2, 0.25) is 0 Å². The molecule has 8 heteroatoms. The Morgan fingerprint density at radius 1 is 1.21 bits per heavy atom. The van der Waals surface area contributed by atoms with Crippen LogP contribution in [0.3, 0.4) is 0 Å². The van der Waals surface area contributed by atoms with Crippen molar-refractivity contribution in [2.75, 3.05) is 31.6 Å². The lowest BCUT2D eigenvalue weighted by atomic mass is 9.96. The van der Waals surface area contributed by atoms with Gasteiger partial charge in [0.2, 0.25) is 5.91 Å². The van der Waals surface area contributed by atoms with Gasteiger partial charge < -0.3 is 14.8 Å². The number of hydrogen-bond acceptors (Lipinski definition) is 6. The topological polar surface area (TPSA) is 63.7 Å². The number of nitrogens with one attached hydrogen (secondary N) is 1. The number of thiazole rings is 1. The Hall–Kier alpha value is -2.65. The van der Waals surface area contributed by atoms with Gasteiger partial charge in [-0.25, -0.2) is 9.37 Å². The average Bonchev–Trinajstić information content (AvgIpc) is 3.56. The summed E-state index contributed by atoms with van der Waals surface area (Å²) >= 11 is 1.44. The summed E-state index contributed by atoms with van der Waals surface area (Å²) in [5.74, 6) is -0.347. The molecule has 2 aliphatic heterocycles. The summed E-state index contributed by atoms with van der Waals surface area (Å²) in [7, 11) is 0. The molecule has 2 atom stereocenters. The van der Waals surface area contributed by atoms with Crippen LogP contribution >= 0.6 is 11.3 Å². The number of aromatic nitrogens is 1. The first-order valence-corrected chi connectivity index (χ1v) is 12.4. The summed E-state index contributed by atoms with van der Waals surface area (Å²) in [6.45, 7) is 2.89. The van der Waals surface area contributed by atoms with E-state index in [0.29, 0.717) is 31.2 Å². The standard InChI is InChI=1S/C26H28FN3O3S/c27-21-9-7-19(8-10-21)13-22-14-28-25(34-22)29-24(31)16-30-15-23(26(18-30)11-4-12-33-26)32-17-20-5-2-1-3-6-20/h1-3,5-10,14,23H,4,11-13,15-18H2,(H,28,29,31)/t23-,26-/m0/s1. The van der Waals surface area contributed by atoms with Crippen molar-refractivity contribution in [2.45, 2.75) is 37.6 Å². The molecule has 1 N–H and O–H groups in total. The van der Waals surface area contributed by atoms with Gasteiger partial charge in [0.25, 0.3) is 0 Å². The van der Waals surface area contributed by atoms with E-state index in [1.165, 1.54) is 23.5 Å². The fraction of sp³-hybridized carbons (Fsp3) is 0.385. The summed E-state index contributed by atoms with van der Waals surface area (Å²) in [6, 6.07) is 16.6. The van der Waals surface area contributed by atoms with Crippen LogP contribution in [0, 0.1) is 5.82 Å². The average molecular weight is 482 g/mol. The number of ether oxygens (including phenoxy) is 2. The van der Waals surface area contributed by atoms with E-state index in [2.05, 4.69) is 27.3 Å². The third kappa shape index (κ3) is 5.52. The van der Waals surface area contributed by atoms with Crippen molar-refractivity contribution in [1.82, 2.24) is 9.88 Å². The zero-order chi connectivity index (χ0) is 23.4. The van der Waals surface area contributed by atoms with Crippen molar-refractivity contribution in [3.8, 4) is 0 Å². The van der Waals surface area contributed by atoms with E-state index in [1.54, 1.807) is 18.3 Å². The predicted octanol–water partition coefficient (Wildman–Crippen LogP) is 4.26. The Balaban J connectivity index is 1.15. The van der Waals surface area contributed by atoms with Crippen LogP contribution in [0.1, 0.15) is 28.8 Å². The number of anilines is 1. The Kier molecular flexibility index (Phi) is 7.01. The lowest BCUT2D eigenvalue weighted by Crippen LogP contribution is -2.42. The van der Waals surface area contributed by atoms with Gasteiger partial charge in [-0.3, -0.25) is 9.69 Å². The van der Waals surface area contributed by atoms with E-state index in [-0.39, 0.29) is 30.0 Å². The number of rotatable bonds is 8. The molecule has 0 aliphatic carbocycles. The highest BCUT2D eigenvalue weighted by molar-refractivity contribution is 7.15. The number of benzene rings is 2. The number of halogens is 1. The minimum absolute atomic E-state index is 0.0646. The maximum atomic E-state index is 13.1. The monoisotopic (exact) mass is 481 g/mol. The minimum Gasteiger partial charge on any atom is -0.371 e. The van der Waals surface area contributed by atoms with E-state index in [0.717, 1.165) is 35.5 Å². The van der Waals surface area contributed by atoms with Crippen LogP contribution in [-0.2, 0) is 27.3 Å². The minimum atomic E-state index is -0.335. The highest BCUT2D eigenvalue weighted by Gasteiger charge is 2.50. The van der Waals surface area contributed by atoms with Crippen molar-refractivity contribution in [3.63, 3.8) is 0 Å². The summed E-state index contributed by atoms with van der Waals surface area (Å²) in [5, 5.41) is 3.50. The normalized spacial score (nSPS) is 22.4. The van der Waals surface area contributed by atoms with Crippen molar-refractivity contribution in [2.24, 2.45) is 0 Å². The molecule has 2 aliphatic rings. The Bertz CT molecular complexity index is 1100. The molecule has 1 aromatic heterocycles. The molecule has 178 valence electrons. The third-order valence-electron chi connectivity index (χ3n) is 6.39. The molecule has 3 aromatic rings. The molecule has 3 heterocycles. The summed E-state index contributed by atoms with van der Waals surface area (Å²) in [5.41, 5.74) is 1.80. The van der Waals surface area contributed by atoms with Gasteiger partial charge in [-0.1, -0.05) is 42.5 Å². The lowest BCUT2D eigenvalue weighted by molar-refractivity contribution is -0.117. The van der Waals surface area contributed by atoms with Crippen LogP contribution in [0.5, 0.6) is 0 Å². The maximum absolute atomic E-state index is 13.1. The molecule has 5 rings (SSSR count). The lowest BCUT2D eigenvalue weighted by Gasteiger charge is -2.29. The van der Waals surface area contributed by atoms with Gasteiger partial charge in [0.15, 0.2) is 5.13 Å². The second kappa shape index (κ2) is 10.3. The number of nitrogens with zero attached hydrogens (tertiary/aromatic N) is 2. The zero-order valence-corrected chi connectivity index (χ0v) is 19.7. The van der Waals surface area contributed by atoms with Crippen LogP contribution in [-0.4, -0.2) is 53.7 Å². The Morgan fingerprint density at radius 2 is 2.03 bits per heavy atom. The highest BCUT2D eigenvalue weighted by atomic mass is 32.1. The van der Waals surface area contributed by atoms with E-state index in [4.69, 9.17) is 9.47 Å². The maximum Gasteiger partial charge on any atom is 0.240 e. The summed E-state index contributed by atoms with van der Waals surface area (Å²) in [4.78, 5) is 20.2. The molecule has 1 amide bonds. The fourth-order valence-corrected chi connectivity index (χ4v) is 5.61. The van der Waals surface area contributed by atoms with Crippen molar-refractivity contribution in [3.05, 3.63) is 82.6 Å². The number of carbonyl (C=O) groups excluding carboxylic acids is 1. The molecule has 0 bridgehead atoms. The molecule has 6 nitrogen and oxygen atoms in total. The molecule has 2 fully saturated rings. The molecule has 1 spiro atoms. The van der Waals surface area contributed by atoms with Gasteiger partial charge in [0, 0.05) is 37.2 Å². The first-order valence-electron chi connectivity index (χ1n) is 11.6. The third-order valence-corrected chi connectivity index (χ3v) is 7.30. The number of amides is 1. The van der Waals surface area contributed by atoms with Gasteiger partial charge in [0.05, 0.1) is 13.2 Å². The predicted molar refractivity (Wildman–Crippen MR) is 129 cm³/mol. The largest absolute Gasteiger partial charge is 0.371 e. The van der Waals surface area contributed by atoms with Crippen LogP contribution < -0.4 is 5.32 Å².